The third kappa shape index (κ3) is 4.73. The molecule has 2 aliphatic heterocycles. The molecule has 4 rings (SSSR count). The highest BCUT2D eigenvalue weighted by Gasteiger charge is 2.33. The average Bonchev–Trinajstić information content (AvgIpc) is 3.13. The summed E-state index contributed by atoms with van der Waals surface area (Å²) in [6, 6.07) is 12.5. The Morgan fingerprint density at radius 3 is 2.39 bits per heavy atom. The number of carbonyl (C=O) groups is 1. The number of aliphatic hydroxyl groups excluding tert-OH is 1. The molecule has 0 spiro atoms. The predicted octanol–water partition coefficient (Wildman–Crippen LogP) is 1.94. The van der Waals surface area contributed by atoms with Crippen LogP contribution >= 0.6 is 0 Å². The van der Waals surface area contributed by atoms with Crippen molar-refractivity contribution < 1.29 is 18.3 Å². The van der Waals surface area contributed by atoms with Crippen molar-refractivity contribution in [2.75, 3.05) is 36.4 Å². The SMILES string of the molecule is C[C@@H]1CN(c2ccc(S(=O)(=O)N3CCC(C(=O)Nc4ccccc4)CC3)cn2)C[C@H]1O. The van der Waals surface area contributed by atoms with E-state index in [1.807, 2.05) is 42.2 Å². The van der Waals surface area contributed by atoms with Gasteiger partial charge in [0.05, 0.1) is 6.10 Å². The second-order valence-electron chi connectivity index (χ2n) is 8.34. The number of piperidine rings is 1. The molecule has 2 N–H and O–H groups in total. The minimum Gasteiger partial charge on any atom is -0.391 e. The third-order valence-electron chi connectivity index (χ3n) is 6.12. The lowest BCUT2D eigenvalue weighted by Gasteiger charge is -2.30. The minimum absolute atomic E-state index is 0.0729. The average molecular weight is 445 g/mol. The first-order valence-corrected chi connectivity index (χ1v) is 12.0. The number of nitrogens with zero attached hydrogens (tertiary/aromatic N) is 3. The zero-order valence-electron chi connectivity index (χ0n) is 17.5. The number of para-hydroxylation sites is 1. The van der Waals surface area contributed by atoms with Crippen LogP contribution in [0, 0.1) is 11.8 Å². The largest absolute Gasteiger partial charge is 0.391 e. The molecule has 9 heteroatoms. The van der Waals surface area contributed by atoms with E-state index in [0.29, 0.717) is 44.8 Å². The minimum atomic E-state index is -3.66. The van der Waals surface area contributed by atoms with E-state index in [1.165, 1.54) is 10.5 Å². The van der Waals surface area contributed by atoms with E-state index in [0.717, 1.165) is 5.69 Å². The van der Waals surface area contributed by atoms with Crippen LogP contribution in [0.4, 0.5) is 11.5 Å². The predicted molar refractivity (Wildman–Crippen MR) is 118 cm³/mol. The number of rotatable bonds is 5. The first-order valence-electron chi connectivity index (χ1n) is 10.6. The summed E-state index contributed by atoms with van der Waals surface area (Å²) in [5.41, 5.74) is 0.744. The molecule has 0 radical (unpaired) electrons. The van der Waals surface area contributed by atoms with E-state index in [-0.39, 0.29) is 22.6 Å². The topological polar surface area (TPSA) is 103 Å². The van der Waals surface area contributed by atoms with Gasteiger partial charge in [-0.1, -0.05) is 25.1 Å². The lowest BCUT2D eigenvalue weighted by atomic mass is 9.97. The Hall–Kier alpha value is -2.49. The molecular formula is C22H28N4O4S. The fourth-order valence-electron chi connectivity index (χ4n) is 4.12. The number of benzene rings is 1. The zero-order valence-corrected chi connectivity index (χ0v) is 18.3. The van der Waals surface area contributed by atoms with Crippen molar-refractivity contribution in [2.24, 2.45) is 11.8 Å². The smallest absolute Gasteiger partial charge is 0.244 e. The molecule has 8 nitrogen and oxygen atoms in total. The van der Waals surface area contributed by atoms with Gasteiger partial charge in [0.15, 0.2) is 0 Å². The zero-order chi connectivity index (χ0) is 22.0. The molecule has 2 aliphatic rings. The fraction of sp³-hybridized carbons (Fsp3) is 0.455. The molecular weight excluding hydrogens is 416 g/mol. The number of aliphatic hydroxyl groups is 1. The van der Waals surface area contributed by atoms with Crippen LogP contribution in [0.1, 0.15) is 19.8 Å². The lowest BCUT2D eigenvalue weighted by molar-refractivity contribution is -0.120. The van der Waals surface area contributed by atoms with Gasteiger partial charge in [-0.25, -0.2) is 13.4 Å². The van der Waals surface area contributed by atoms with E-state index in [1.54, 1.807) is 12.1 Å². The summed E-state index contributed by atoms with van der Waals surface area (Å²) in [5.74, 6) is 0.538. The molecule has 0 bridgehead atoms. The maximum absolute atomic E-state index is 13.0. The van der Waals surface area contributed by atoms with Crippen LogP contribution in [0.25, 0.3) is 0 Å². The number of nitrogens with one attached hydrogen (secondary N) is 1. The van der Waals surface area contributed by atoms with Gasteiger partial charge >= 0.3 is 0 Å². The van der Waals surface area contributed by atoms with Crippen molar-refractivity contribution >= 4 is 27.4 Å². The van der Waals surface area contributed by atoms with Crippen LogP contribution in [0.3, 0.4) is 0 Å². The van der Waals surface area contributed by atoms with Crippen molar-refractivity contribution in [1.82, 2.24) is 9.29 Å². The molecule has 2 fully saturated rings. The van der Waals surface area contributed by atoms with Gasteiger partial charge in [-0.05, 0) is 37.1 Å². The maximum Gasteiger partial charge on any atom is 0.244 e. The van der Waals surface area contributed by atoms with Crippen molar-refractivity contribution in [2.45, 2.75) is 30.8 Å². The van der Waals surface area contributed by atoms with E-state index >= 15 is 0 Å². The number of aromatic nitrogens is 1. The summed E-state index contributed by atoms with van der Waals surface area (Å²) in [5, 5.41) is 12.8. The van der Waals surface area contributed by atoms with Gasteiger partial charge in [-0.15, -0.1) is 0 Å². The molecule has 0 saturated carbocycles. The summed E-state index contributed by atoms with van der Waals surface area (Å²) in [6.07, 6.45) is 1.94. The van der Waals surface area contributed by atoms with Crippen molar-refractivity contribution in [3.8, 4) is 0 Å². The molecule has 2 saturated heterocycles. The van der Waals surface area contributed by atoms with Gasteiger partial charge in [0, 0.05) is 49.9 Å². The number of hydrogen-bond donors (Lipinski definition) is 2. The molecule has 0 aliphatic carbocycles. The van der Waals surface area contributed by atoms with Crippen molar-refractivity contribution in [1.29, 1.82) is 0 Å². The van der Waals surface area contributed by atoms with E-state index < -0.39 is 16.1 Å². The highest BCUT2D eigenvalue weighted by Crippen LogP contribution is 2.27. The number of hydrogen-bond acceptors (Lipinski definition) is 6. The van der Waals surface area contributed by atoms with Crippen LogP contribution in [0.5, 0.6) is 0 Å². The summed E-state index contributed by atoms with van der Waals surface area (Å²) in [4.78, 5) is 18.9. The van der Waals surface area contributed by atoms with Crippen LogP contribution in [0.15, 0.2) is 53.6 Å². The summed E-state index contributed by atoms with van der Waals surface area (Å²) < 4.78 is 27.5. The second-order valence-corrected chi connectivity index (χ2v) is 10.3. The van der Waals surface area contributed by atoms with Crippen LogP contribution in [0.2, 0.25) is 0 Å². The van der Waals surface area contributed by atoms with Gasteiger partial charge in [0.2, 0.25) is 15.9 Å². The van der Waals surface area contributed by atoms with Gasteiger partial charge in [-0.3, -0.25) is 4.79 Å². The Balaban J connectivity index is 1.36. The van der Waals surface area contributed by atoms with Gasteiger partial charge in [0.25, 0.3) is 0 Å². The molecule has 2 aromatic rings. The first-order chi connectivity index (χ1) is 14.8. The Kier molecular flexibility index (Phi) is 6.27. The standard InChI is InChI=1S/C22H28N4O4S/c1-16-14-25(15-20(16)27)21-8-7-19(13-23-21)31(29,30)26-11-9-17(10-12-26)22(28)24-18-5-3-2-4-6-18/h2-8,13,16-17,20,27H,9-12,14-15H2,1H3,(H,24,28)/t16-,20-/m1/s1. The van der Waals surface area contributed by atoms with E-state index in [2.05, 4.69) is 10.3 Å². The first kappa shape index (κ1) is 21.7. The van der Waals surface area contributed by atoms with E-state index in [9.17, 15) is 18.3 Å². The number of β-amino-alcohol motifs (C(OH)–C–C–N with tert-alkyl or cyclic N) is 1. The highest BCUT2D eigenvalue weighted by molar-refractivity contribution is 7.89. The molecule has 2 atom stereocenters. The summed E-state index contributed by atoms with van der Waals surface area (Å²) >= 11 is 0. The van der Waals surface area contributed by atoms with Crippen LogP contribution in [-0.2, 0) is 14.8 Å². The molecule has 1 aromatic carbocycles. The lowest BCUT2D eigenvalue weighted by Crippen LogP contribution is -2.41. The van der Waals surface area contributed by atoms with Crippen molar-refractivity contribution in [3.63, 3.8) is 0 Å². The molecule has 31 heavy (non-hydrogen) atoms. The van der Waals surface area contributed by atoms with Crippen molar-refractivity contribution in [3.05, 3.63) is 48.7 Å². The molecule has 1 amide bonds. The third-order valence-corrected chi connectivity index (χ3v) is 8.00. The molecule has 1 aromatic heterocycles. The number of amides is 1. The monoisotopic (exact) mass is 444 g/mol. The van der Waals surface area contributed by atoms with Gasteiger partial charge < -0.3 is 15.3 Å². The Bertz CT molecular complexity index is 996. The van der Waals surface area contributed by atoms with E-state index in [4.69, 9.17) is 0 Å². The quantitative estimate of drug-likeness (QED) is 0.731. The van der Waals surface area contributed by atoms with Gasteiger partial charge in [-0.2, -0.15) is 4.31 Å². The number of carbonyl (C=O) groups excluding carboxylic acids is 1. The normalized spacial score (nSPS) is 23.1. The molecule has 0 unspecified atom stereocenters. The Morgan fingerprint density at radius 1 is 1.10 bits per heavy atom. The number of sulfonamides is 1. The maximum atomic E-state index is 13.0. The van der Waals surface area contributed by atoms with Crippen LogP contribution < -0.4 is 10.2 Å². The second kappa shape index (κ2) is 8.94. The molecule has 166 valence electrons. The Labute approximate surface area is 182 Å². The number of pyridine rings is 1. The van der Waals surface area contributed by atoms with Gasteiger partial charge in [0.1, 0.15) is 10.7 Å². The number of anilines is 2. The summed E-state index contributed by atoms with van der Waals surface area (Å²) in [6.45, 7) is 3.77. The van der Waals surface area contributed by atoms with Crippen LogP contribution in [-0.4, -0.2) is 61.0 Å². The highest BCUT2D eigenvalue weighted by atomic mass is 32.2. The Morgan fingerprint density at radius 2 is 1.81 bits per heavy atom. The molecule has 3 heterocycles. The fourth-order valence-corrected chi connectivity index (χ4v) is 5.54. The summed E-state index contributed by atoms with van der Waals surface area (Å²) in [7, 11) is -3.66.